The van der Waals surface area contributed by atoms with Crippen LogP contribution >= 0.6 is 0 Å². The van der Waals surface area contributed by atoms with E-state index in [1.807, 2.05) is 60.7 Å². The van der Waals surface area contributed by atoms with E-state index in [1.165, 1.54) is 0 Å². The van der Waals surface area contributed by atoms with Crippen molar-refractivity contribution in [2.45, 2.75) is 62.8 Å². The van der Waals surface area contributed by atoms with Gasteiger partial charge in [0.2, 0.25) is 0 Å². The predicted octanol–water partition coefficient (Wildman–Crippen LogP) is 4.35. The molecular formula is C24H28N2O4. The van der Waals surface area contributed by atoms with E-state index < -0.39 is 29.1 Å². The Morgan fingerprint density at radius 2 is 1.63 bits per heavy atom. The van der Waals surface area contributed by atoms with Crippen LogP contribution in [0.4, 0.5) is 0 Å². The highest BCUT2D eigenvalue weighted by Gasteiger charge is 2.72. The van der Waals surface area contributed by atoms with Gasteiger partial charge < -0.3 is 4.74 Å². The molecule has 6 heteroatoms. The zero-order valence-corrected chi connectivity index (χ0v) is 17.7. The van der Waals surface area contributed by atoms with Crippen LogP contribution < -0.4 is 0 Å². The highest BCUT2D eigenvalue weighted by molar-refractivity contribution is 5.84. The molecule has 2 saturated heterocycles. The Morgan fingerprint density at radius 1 is 1.07 bits per heavy atom. The molecule has 4 atom stereocenters. The summed E-state index contributed by atoms with van der Waals surface area (Å²) in [6, 6.07) is 18.1. The maximum absolute atomic E-state index is 13.6. The fourth-order valence-electron chi connectivity index (χ4n) is 5.32. The van der Waals surface area contributed by atoms with Crippen LogP contribution in [0.2, 0.25) is 0 Å². The van der Waals surface area contributed by atoms with Crippen molar-refractivity contribution in [1.82, 2.24) is 4.90 Å². The predicted molar refractivity (Wildman–Crippen MR) is 114 cm³/mol. The third-order valence-corrected chi connectivity index (χ3v) is 6.28. The van der Waals surface area contributed by atoms with Gasteiger partial charge in [-0.25, -0.2) is 4.79 Å². The third-order valence-electron chi connectivity index (χ3n) is 6.28. The Labute approximate surface area is 177 Å². The van der Waals surface area contributed by atoms with E-state index in [0.717, 1.165) is 17.5 Å². The van der Waals surface area contributed by atoms with Crippen LogP contribution in [0.3, 0.4) is 0 Å². The Hall–Kier alpha value is -2.73. The van der Waals surface area contributed by atoms with Gasteiger partial charge in [0.15, 0.2) is 5.54 Å². The maximum Gasteiger partial charge on any atom is 0.334 e. The second kappa shape index (κ2) is 7.51. The van der Waals surface area contributed by atoms with Crippen LogP contribution in [-0.2, 0) is 9.53 Å². The van der Waals surface area contributed by atoms with Crippen molar-refractivity contribution in [3.63, 3.8) is 0 Å². The van der Waals surface area contributed by atoms with Gasteiger partial charge in [0, 0.05) is 17.5 Å². The topological polar surface area (TPSA) is 72.7 Å². The number of esters is 1. The van der Waals surface area contributed by atoms with E-state index >= 15 is 0 Å². The summed E-state index contributed by atoms with van der Waals surface area (Å²) >= 11 is 0. The molecule has 2 aliphatic rings. The molecular weight excluding hydrogens is 380 g/mol. The van der Waals surface area contributed by atoms with Gasteiger partial charge in [-0.15, -0.1) is 0 Å². The molecule has 158 valence electrons. The minimum absolute atomic E-state index is 0.247. The van der Waals surface area contributed by atoms with Crippen LogP contribution in [0.5, 0.6) is 0 Å². The lowest BCUT2D eigenvalue weighted by atomic mass is 9.78. The summed E-state index contributed by atoms with van der Waals surface area (Å²) in [7, 11) is 0. The molecule has 2 heterocycles. The van der Waals surface area contributed by atoms with Gasteiger partial charge in [0.1, 0.15) is 5.60 Å². The normalized spacial score (nSPS) is 28.8. The first kappa shape index (κ1) is 20.5. The van der Waals surface area contributed by atoms with Crippen molar-refractivity contribution in [1.29, 1.82) is 0 Å². The van der Waals surface area contributed by atoms with Gasteiger partial charge in [-0.3, -0.25) is 15.0 Å². The molecule has 0 saturated carbocycles. The van der Waals surface area contributed by atoms with Crippen molar-refractivity contribution >= 4 is 5.97 Å². The molecule has 0 spiro atoms. The van der Waals surface area contributed by atoms with Crippen LogP contribution in [0.25, 0.3) is 0 Å². The fourth-order valence-corrected chi connectivity index (χ4v) is 5.32. The molecule has 0 bridgehead atoms. The first-order chi connectivity index (χ1) is 14.3. The molecule has 2 aromatic carbocycles. The number of carbonyl (C=O) groups is 1. The number of carbonyl (C=O) groups excluding carboxylic acids is 1. The second-order valence-corrected chi connectivity index (χ2v) is 9.25. The van der Waals surface area contributed by atoms with E-state index in [4.69, 9.17) is 4.74 Å². The van der Waals surface area contributed by atoms with Gasteiger partial charge in [0.05, 0.1) is 5.92 Å². The minimum atomic E-state index is -1.27. The van der Waals surface area contributed by atoms with Crippen LogP contribution in [0.15, 0.2) is 60.7 Å². The zero-order valence-electron chi connectivity index (χ0n) is 17.7. The highest BCUT2D eigenvalue weighted by atomic mass is 16.6. The lowest BCUT2D eigenvalue weighted by Crippen LogP contribution is -2.58. The summed E-state index contributed by atoms with van der Waals surface area (Å²) in [5, 5.41) is 12.6. The monoisotopic (exact) mass is 408 g/mol. The summed E-state index contributed by atoms with van der Waals surface area (Å²) in [5.74, 6) is -0.926. The van der Waals surface area contributed by atoms with Crippen LogP contribution in [0, 0.1) is 10.1 Å². The van der Waals surface area contributed by atoms with E-state index in [2.05, 4.69) is 4.90 Å². The van der Waals surface area contributed by atoms with Crippen molar-refractivity contribution in [2.75, 3.05) is 6.54 Å². The largest absolute Gasteiger partial charge is 0.458 e. The summed E-state index contributed by atoms with van der Waals surface area (Å²) in [6.45, 7) is 6.05. The van der Waals surface area contributed by atoms with Crippen molar-refractivity contribution < 1.29 is 14.5 Å². The lowest BCUT2D eigenvalue weighted by molar-refractivity contribution is -0.533. The van der Waals surface area contributed by atoms with Crippen LogP contribution in [0.1, 0.15) is 56.7 Å². The van der Waals surface area contributed by atoms with Crippen molar-refractivity contribution in [3.05, 3.63) is 81.9 Å². The summed E-state index contributed by atoms with van der Waals surface area (Å²) in [4.78, 5) is 27.9. The molecule has 4 rings (SSSR count). The second-order valence-electron chi connectivity index (χ2n) is 9.25. The maximum atomic E-state index is 13.6. The number of benzene rings is 2. The molecule has 0 amide bonds. The van der Waals surface area contributed by atoms with E-state index in [0.29, 0.717) is 13.0 Å². The van der Waals surface area contributed by atoms with Gasteiger partial charge in [-0.1, -0.05) is 60.7 Å². The standard InChI is InChI=1S/C24H28N2O4/c1-23(2,3)30-22(27)24-15-10-16-25(24)20(18-13-8-5-9-14-18)19(21(24)26(28)29)17-11-6-4-7-12-17/h4-9,11-14,19-21H,10,15-16H2,1-3H3/t19-,20-,21+,24+/m1/s1. The first-order valence-electron chi connectivity index (χ1n) is 10.5. The molecule has 0 radical (unpaired) electrons. The smallest absolute Gasteiger partial charge is 0.334 e. The summed E-state index contributed by atoms with van der Waals surface area (Å²) < 4.78 is 5.79. The van der Waals surface area contributed by atoms with E-state index in [1.54, 1.807) is 20.8 Å². The Balaban J connectivity index is 1.92. The molecule has 0 N–H and O–H groups in total. The van der Waals surface area contributed by atoms with Crippen molar-refractivity contribution in [2.24, 2.45) is 0 Å². The third kappa shape index (κ3) is 3.29. The zero-order chi connectivity index (χ0) is 21.5. The van der Waals surface area contributed by atoms with Crippen LogP contribution in [-0.4, -0.2) is 39.5 Å². The van der Waals surface area contributed by atoms with Crippen molar-refractivity contribution in [3.8, 4) is 0 Å². The van der Waals surface area contributed by atoms with Gasteiger partial charge in [-0.05, 0) is 44.7 Å². The number of rotatable bonds is 4. The average Bonchev–Trinajstić information content (AvgIpc) is 3.24. The fraction of sp³-hybridized carbons (Fsp3) is 0.458. The number of hydrogen-bond acceptors (Lipinski definition) is 5. The first-order valence-corrected chi connectivity index (χ1v) is 10.5. The van der Waals surface area contributed by atoms with Gasteiger partial charge in [-0.2, -0.15) is 0 Å². The Kier molecular flexibility index (Phi) is 5.14. The minimum Gasteiger partial charge on any atom is -0.458 e. The average molecular weight is 408 g/mol. The molecule has 2 aromatic rings. The molecule has 0 aliphatic carbocycles. The number of nitrogens with zero attached hydrogens (tertiary/aromatic N) is 2. The Bertz CT molecular complexity index is 925. The van der Waals surface area contributed by atoms with E-state index in [-0.39, 0.29) is 11.0 Å². The quantitative estimate of drug-likeness (QED) is 0.427. The number of hydrogen-bond donors (Lipinski definition) is 0. The molecule has 0 aromatic heterocycles. The molecule has 0 unspecified atom stereocenters. The summed E-state index contributed by atoms with van der Waals surface area (Å²) in [5.41, 5.74) is -0.109. The molecule has 6 nitrogen and oxygen atoms in total. The summed E-state index contributed by atoms with van der Waals surface area (Å²) in [6.07, 6.45) is 1.16. The number of ether oxygens (including phenoxy) is 1. The van der Waals surface area contributed by atoms with E-state index in [9.17, 15) is 14.9 Å². The lowest BCUT2D eigenvalue weighted by Gasteiger charge is -2.35. The Morgan fingerprint density at radius 3 is 2.17 bits per heavy atom. The highest BCUT2D eigenvalue weighted by Crippen LogP contribution is 2.57. The SMILES string of the molecule is CC(C)(C)OC(=O)[C@@]12CCCN1[C@H](c1ccccc1)[C@@H](c1ccccc1)[C@@H]2[N+](=O)[O-]. The number of nitro groups is 1. The van der Waals surface area contributed by atoms with Gasteiger partial charge in [0.25, 0.3) is 6.04 Å². The molecule has 2 aliphatic heterocycles. The number of fused-ring (bicyclic) bond motifs is 1. The molecule has 2 fully saturated rings. The molecule has 30 heavy (non-hydrogen) atoms. The van der Waals surface area contributed by atoms with Gasteiger partial charge >= 0.3 is 5.97 Å².